The van der Waals surface area contributed by atoms with Crippen molar-refractivity contribution < 1.29 is 24.7 Å². The first-order valence-electron chi connectivity index (χ1n) is 7.05. The second kappa shape index (κ2) is 7.88. The number of methoxy groups -OCH3 is 1. The number of hydrazone groups is 1. The fourth-order valence-corrected chi connectivity index (χ4v) is 1.98. The molecule has 0 heterocycles. The second-order valence-corrected chi connectivity index (χ2v) is 4.89. The number of hydrogen-bond donors (Lipinski definition) is 3. The maximum atomic E-state index is 11.8. The van der Waals surface area contributed by atoms with E-state index >= 15 is 0 Å². The van der Waals surface area contributed by atoms with E-state index in [9.17, 15) is 25.1 Å². The molecule has 9 heteroatoms. The van der Waals surface area contributed by atoms with E-state index in [1.54, 1.807) is 30.3 Å². The summed E-state index contributed by atoms with van der Waals surface area (Å²) in [4.78, 5) is 22.0. The highest BCUT2D eigenvalue weighted by Crippen LogP contribution is 2.33. The van der Waals surface area contributed by atoms with Crippen molar-refractivity contribution >= 4 is 17.8 Å². The Morgan fingerprint density at radius 1 is 1.36 bits per heavy atom. The zero-order chi connectivity index (χ0) is 18.4. The summed E-state index contributed by atoms with van der Waals surface area (Å²) in [5.74, 6) is -1.27. The zero-order valence-corrected chi connectivity index (χ0v) is 13.1. The predicted octanol–water partition coefficient (Wildman–Crippen LogP) is 1.49. The van der Waals surface area contributed by atoms with Crippen LogP contribution in [0.2, 0.25) is 0 Å². The van der Waals surface area contributed by atoms with Crippen LogP contribution in [0.1, 0.15) is 17.2 Å². The van der Waals surface area contributed by atoms with Crippen LogP contribution in [-0.4, -0.2) is 34.4 Å². The van der Waals surface area contributed by atoms with Crippen LogP contribution in [0.4, 0.5) is 5.69 Å². The Kier molecular flexibility index (Phi) is 5.64. The van der Waals surface area contributed by atoms with Gasteiger partial charge in [-0.1, -0.05) is 30.3 Å². The smallest absolute Gasteiger partial charge is 0.315 e. The van der Waals surface area contributed by atoms with Gasteiger partial charge in [0, 0.05) is 5.56 Å². The Bertz CT molecular complexity index is 807. The highest BCUT2D eigenvalue weighted by Gasteiger charge is 2.19. The summed E-state index contributed by atoms with van der Waals surface area (Å²) in [5, 5.41) is 34.3. The molecule has 0 spiro atoms. The zero-order valence-electron chi connectivity index (χ0n) is 13.1. The summed E-state index contributed by atoms with van der Waals surface area (Å²) < 4.78 is 4.92. The largest absolute Gasteiger partial charge is 0.502 e. The summed E-state index contributed by atoms with van der Waals surface area (Å²) in [6.07, 6.45) is -0.410. The SMILES string of the molecule is COc1cc(/C=N\NC(=O)[C@H](O)c2ccccc2)c(O)c([N+](=O)[O-])c1. The van der Waals surface area contributed by atoms with Crippen LogP contribution >= 0.6 is 0 Å². The minimum atomic E-state index is -1.42. The van der Waals surface area contributed by atoms with Crippen LogP contribution in [0.25, 0.3) is 0 Å². The third-order valence-electron chi connectivity index (χ3n) is 3.27. The molecule has 0 fully saturated rings. The van der Waals surface area contributed by atoms with Gasteiger partial charge in [-0.3, -0.25) is 14.9 Å². The lowest BCUT2D eigenvalue weighted by molar-refractivity contribution is -0.385. The highest BCUT2D eigenvalue weighted by atomic mass is 16.6. The molecule has 0 aliphatic carbocycles. The molecule has 0 aliphatic rings. The Balaban J connectivity index is 2.15. The summed E-state index contributed by atoms with van der Waals surface area (Å²) in [5.41, 5.74) is 1.90. The van der Waals surface area contributed by atoms with Crippen LogP contribution in [0.15, 0.2) is 47.6 Å². The summed E-state index contributed by atoms with van der Waals surface area (Å²) in [6, 6.07) is 10.6. The van der Waals surface area contributed by atoms with E-state index in [0.29, 0.717) is 5.56 Å². The summed E-state index contributed by atoms with van der Waals surface area (Å²) >= 11 is 0. The maximum Gasteiger partial charge on any atom is 0.315 e. The number of nitrogens with one attached hydrogen (secondary N) is 1. The molecular formula is C16H15N3O6. The van der Waals surface area contributed by atoms with E-state index in [0.717, 1.165) is 12.3 Å². The van der Waals surface area contributed by atoms with Crippen LogP contribution in [0, 0.1) is 10.1 Å². The molecule has 9 nitrogen and oxygen atoms in total. The molecule has 1 amide bonds. The van der Waals surface area contributed by atoms with Gasteiger partial charge in [-0.05, 0) is 11.6 Å². The van der Waals surface area contributed by atoms with Crippen LogP contribution in [0.3, 0.4) is 0 Å². The molecule has 0 radical (unpaired) electrons. The number of benzene rings is 2. The van der Waals surface area contributed by atoms with E-state index in [1.807, 2.05) is 0 Å². The standard InChI is InChI=1S/C16H15N3O6/c1-25-12-7-11(14(20)13(8-12)19(23)24)9-17-18-16(22)15(21)10-5-3-2-4-6-10/h2-9,15,20-21H,1H3,(H,18,22)/b17-9-/t15-/m1/s1. The van der Waals surface area contributed by atoms with Crippen molar-refractivity contribution in [1.29, 1.82) is 0 Å². The van der Waals surface area contributed by atoms with E-state index < -0.39 is 28.4 Å². The van der Waals surface area contributed by atoms with Gasteiger partial charge in [0.05, 0.1) is 24.3 Å². The van der Waals surface area contributed by atoms with Gasteiger partial charge in [0.1, 0.15) is 5.75 Å². The fraction of sp³-hybridized carbons (Fsp3) is 0.125. The molecular weight excluding hydrogens is 330 g/mol. The Morgan fingerprint density at radius 3 is 2.64 bits per heavy atom. The number of nitrogens with zero attached hydrogens (tertiary/aromatic N) is 2. The number of carbonyl (C=O) groups is 1. The number of aliphatic hydroxyl groups excluding tert-OH is 1. The van der Waals surface area contributed by atoms with Crippen molar-refractivity contribution in [3.8, 4) is 11.5 Å². The Labute approximate surface area is 142 Å². The molecule has 0 unspecified atom stereocenters. The van der Waals surface area contributed by atoms with Crippen molar-refractivity contribution in [3.63, 3.8) is 0 Å². The number of nitro groups is 1. The van der Waals surface area contributed by atoms with Gasteiger partial charge in [0.25, 0.3) is 5.91 Å². The third kappa shape index (κ3) is 4.30. The number of phenols is 1. The topological polar surface area (TPSA) is 134 Å². The van der Waals surface area contributed by atoms with Crippen molar-refractivity contribution in [2.24, 2.45) is 5.10 Å². The number of hydrogen-bond acceptors (Lipinski definition) is 7. The number of aliphatic hydroxyl groups is 1. The van der Waals surface area contributed by atoms with Crippen molar-refractivity contribution in [2.75, 3.05) is 7.11 Å². The van der Waals surface area contributed by atoms with Crippen molar-refractivity contribution in [2.45, 2.75) is 6.10 Å². The number of phenolic OH excluding ortho intramolecular Hbond substituents is 1. The molecule has 25 heavy (non-hydrogen) atoms. The molecule has 130 valence electrons. The lowest BCUT2D eigenvalue weighted by atomic mass is 10.1. The number of carbonyl (C=O) groups excluding carboxylic acids is 1. The molecule has 0 saturated heterocycles. The van der Waals surface area contributed by atoms with Gasteiger partial charge in [-0.2, -0.15) is 5.10 Å². The molecule has 2 aromatic rings. The lowest BCUT2D eigenvalue weighted by Gasteiger charge is -2.08. The van der Waals surface area contributed by atoms with E-state index in [4.69, 9.17) is 4.74 Å². The molecule has 0 aromatic heterocycles. The third-order valence-corrected chi connectivity index (χ3v) is 3.27. The molecule has 2 aromatic carbocycles. The Hall–Kier alpha value is -3.46. The minimum absolute atomic E-state index is 0.0273. The number of aromatic hydroxyl groups is 1. The Morgan fingerprint density at radius 2 is 2.04 bits per heavy atom. The predicted molar refractivity (Wildman–Crippen MR) is 88.5 cm³/mol. The maximum absolute atomic E-state index is 11.8. The van der Waals surface area contributed by atoms with Gasteiger partial charge < -0.3 is 14.9 Å². The molecule has 0 bridgehead atoms. The molecule has 0 saturated carbocycles. The number of rotatable bonds is 6. The van der Waals surface area contributed by atoms with Crippen LogP contribution in [-0.2, 0) is 4.79 Å². The van der Waals surface area contributed by atoms with Gasteiger partial charge in [0.2, 0.25) is 5.75 Å². The monoisotopic (exact) mass is 345 g/mol. The first-order chi connectivity index (χ1) is 11.9. The highest BCUT2D eigenvalue weighted by molar-refractivity contribution is 5.88. The average molecular weight is 345 g/mol. The van der Waals surface area contributed by atoms with Gasteiger partial charge in [0.15, 0.2) is 6.10 Å². The first kappa shape index (κ1) is 17.9. The molecule has 0 aliphatic heterocycles. The van der Waals surface area contributed by atoms with Crippen molar-refractivity contribution in [1.82, 2.24) is 5.43 Å². The molecule has 3 N–H and O–H groups in total. The molecule has 1 atom stereocenters. The summed E-state index contributed by atoms with van der Waals surface area (Å²) in [7, 11) is 1.31. The van der Waals surface area contributed by atoms with Crippen LogP contribution in [0.5, 0.6) is 11.5 Å². The minimum Gasteiger partial charge on any atom is -0.502 e. The van der Waals surface area contributed by atoms with Gasteiger partial charge in [-0.25, -0.2) is 5.43 Å². The second-order valence-electron chi connectivity index (χ2n) is 4.89. The van der Waals surface area contributed by atoms with Crippen LogP contribution < -0.4 is 10.2 Å². The number of amides is 1. The number of nitro benzene ring substituents is 1. The van der Waals surface area contributed by atoms with Gasteiger partial charge in [-0.15, -0.1) is 0 Å². The normalized spacial score (nSPS) is 11.9. The van der Waals surface area contributed by atoms with E-state index in [2.05, 4.69) is 10.5 Å². The van der Waals surface area contributed by atoms with E-state index in [1.165, 1.54) is 13.2 Å². The molecule has 2 rings (SSSR count). The number of ether oxygens (including phenoxy) is 1. The summed E-state index contributed by atoms with van der Waals surface area (Å²) in [6.45, 7) is 0. The fourth-order valence-electron chi connectivity index (χ4n) is 1.98. The lowest BCUT2D eigenvalue weighted by Crippen LogP contribution is -2.25. The van der Waals surface area contributed by atoms with E-state index in [-0.39, 0.29) is 11.3 Å². The van der Waals surface area contributed by atoms with Crippen molar-refractivity contribution in [3.05, 3.63) is 63.7 Å². The first-order valence-corrected chi connectivity index (χ1v) is 7.05. The van der Waals surface area contributed by atoms with Gasteiger partial charge >= 0.3 is 5.69 Å². The average Bonchev–Trinajstić information content (AvgIpc) is 2.62. The quantitative estimate of drug-likeness (QED) is 0.412.